The molecule has 0 radical (unpaired) electrons. The molecule has 0 bridgehead atoms. The minimum atomic E-state index is -4.82. The number of nitrogen functional groups attached to an aromatic ring is 2. The van der Waals surface area contributed by atoms with Gasteiger partial charge in [0, 0.05) is 19.3 Å². The number of carbonyl (C=O) groups excluding carboxylic acids is 6. The van der Waals surface area contributed by atoms with Crippen LogP contribution in [0.25, 0.3) is 0 Å². The van der Waals surface area contributed by atoms with Gasteiger partial charge in [-0.2, -0.15) is 15.3 Å². The van der Waals surface area contributed by atoms with Crippen molar-refractivity contribution in [3.63, 3.8) is 0 Å². The van der Waals surface area contributed by atoms with Crippen molar-refractivity contribution in [2.75, 3.05) is 43.4 Å². The average molecular weight is 1730 g/mol. The van der Waals surface area contributed by atoms with E-state index in [0.29, 0.717) is 80.7 Å². The maximum absolute atomic E-state index is 12.5. The molecule has 632 valence electrons. The number of anilines is 8. The number of carbonyl (C=O) groups is 6. The normalized spacial score (nSPS) is 11.3. The first-order valence-electron chi connectivity index (χ1n) is 36.5. The summed E-state index contributed by atoms with van der Waals surface area (Å²) in [5.74, 6) is -1.78. The molecular formula is C76H77F9N22O10S3. The quantitative estimate of drug-likeness (QED) is 0.0137. The summed E-state index contributed by atoms with van der Waals surface area (Å²) in [5.41, 5.74) is 14.9. The number of halogens is 9. The van der Waals surface area contributed by atoms with Gasteiger partial charge in [-0.1, -0.05) is 82.5 Å². The second-order valence-corrected chi connectivity index (χ2v) is 30.0. The maximum Gasteiger partial charge on any atom is 0.573 e. The summed E-state index contributed by atoms with van der Waals surface area (Å²) in [6.45, 7) is 5.26. The molecular weight excluding hydrogens is 1650 g/mol. The second kappa shape index (κ2) is 43.9. The molecule has 0 unspecified atom stereocenters. The van der Waals surface area contributed by atoms with Gasteiger partial charge in [-0.15, -0.1) is 85.4 Å². The molecule has 0 saturated heterocycles. The molecule has 0 fully saturated rings. The van der Waals surface area contributed by atoms with Gasteiger partial charge in [0.05, 0.1) is 60.6 Å². The number of nitrogens with one attached hydrogen (secondary N) is 6. The third-order valence-corrected chi connectivity index (χ3v) is 18.1. The summed E-state index contributed by atoms with van der Waals surface area (Å²) in [6.07, 6.45) is -6.37. The molecule has 0 saturated carbocycles. The number of aryl methyl sites for hydroxylation is 6. The number of hydrogen-bond donors (Lipinski definition) is 8. The van der Waals surface area contributed by atoms with E-state index in [-0.39, 0.29) is 72.9 Å². The van der Waals surface area contributed by atoms with Gasteiger partial charge in [-0.05, 0) is 192 Å². The molecule has 0 aliphatic carbocycles. The lowest BCUT2D eigenvalue weighted by atomic mass is 10.1. The summed E-state index contributed by atoms with van der Waals surface area (Å²) in [4.78, 5) is 81.9. The van der Waals surface area contributed by atoms with Crippen LogP contribution in [0.2, 0.25) is 0 Å². The molecule has 11 rings (SSSR count). The summed E-state index contributed by atoms with van der Waals surface area (Å²) >= 11 is 3.96. The molecule has 0 aliphatic rings. The van der Waals surface area contributed by atoms with Gasteiger partial charge >= 0.3 is 25.2 Å². The second-order valence-electron chi connectivity index (χ2n) is 26.8. The number of rotatable bonds is 34. The summed E-state index contributed by atoms with van der Waals surface area (Å²) in [5, 5.41) is 67.8. The number of nitrogens with two attached hydrogens (primary N) is 2. The number of hydrogen-bond acceptors (Lipinski definition) is 29. The highest BCUT2D eigenvalue weighted by atomic mass is 32.1. The first kappa shape index (κ1) is 90.8. The first-order chi connectivity index (χ1) is 57.1. The van der Waals surface area contributed by atoms with E-state index in [1.54, 1.807) is 93.6 Å². The van der Waals surface area contributed by atoms with E-state index in [1.165, 1.54) is 76.5 Å². The van der Waals surface area contributed by atoms with Gasteiger partial charge in [-0.25, -0.2) is 14.8 Å². The predicted octanol–water partition coefficient (Wildman–Crippen LogP) is 13.6. The molecule has 8 heterocycles. The Morgan fingerprint density at radius 1 is 0.342 bits per heavy atom. The predicted molar refractivity (Wildman–Crippen MR) is 424 cm³/mol. The van der Waals surface area contributed by atoms with Gasteiger partial charge in [0.2, 0.25) is 44.9 Å². The van der Waals surface area contributed by atoms with E-state index in [1.807, 2.05) is 0 Å². The van der Waals surface area contributed by atoms with Crippen LogP contribution in [0, 0.1) is 0 Å². The smallest absolute Gasteiger partial charge is 0.444 e. The van der Waals surface area contributed by atoms with Crippen LogP contribution >= 0.6 is 34.0 Å². The Bertz CT molecular complexity index is 5200. The van der Waals surface area contributed by atoms with Gasteiger partial charge < -0.3 is 57.0 Å². The lowest BCUT2D eigenvalue weighted by Crippen LogP contribution is -2.27. The summed E-state index contributed by atoms with van der Waals surface area (Å²) in [7, 11) is 0. The number of ether oxygens (including phenoxy) is 4. The molecule has 0 atom stereocenters. The van der Waals surface area contributed by atoms with Crippen molar-refractivity contribution in [2.24, 2.45) is 0 Å². The Morgan fingerprint density at radius 3 is 1.04 bits per heavy atom. The Kier molecular flexibility index (Phi) is 33.2. The van der Waals surface area contributed by atoms with Gasteiger partial charge in [0.15, 0.2) is 17.5 Å². The highest BCUT2D eigenvalue weighted by molar-refractivity contribution is 7.15. The number of nitrogens with zero attached hydrogens (tertiary/aromatic N) is 14. The van der Waals surface area contributed by atoms with Gasteiger partial charge in [0.1, 0.15) is 49.5 Å². The van der Waals surface area contributed by atoms with E-state index in [2.05, 4.69) is 117 Å². The van der Waals surface area contributed by atoms with Crippen LogP contribution in [0.4, 0.5) is 88.8 Å². The molecule has 8 aromatic heterocycles. The van der Waals surface area contributed by atoms with E-state index < -0.39 is 60.0 Å². The van der Waals surface area contributed by atoms with E-state index in [4.69, 9.17) is 16.2 Å². The monoisotopic (exact) mass is 1720 g/mol. The van der Waals surface area contributed by atoms with Crippen LogP contribution in [-0.4, -0.2) is 131 Å². The van der Waals surface area contributed by atoms with Crippen molar-refractivity contribution in [1.82, 2.24) is 71.2 Å². The number of pyridine rings is 2. The van der Waals surface area contributed by atoms with E-state index in [0.717, 1.165) is 108 Å². The largest absolute Gasteiger partial charge is 0.573 e. The standard InChI is InChI=1S/C31H33F3N8O5S.C26H25F3N8O3S.C19H19F3N6O2S/c1-30(2,3)47-29(45)37-23-12-7-10-21(35-23)18-26(44)38-28-42-41-27(48-28)13-5-4-9-20-14-15-24(40-39-20)36-25(43)17-19-8-6-11-22(16-19)46-31(32,33)34;27-26(28,29)40-19-8-3-5-16(13-19)14-22(38)32-21-12-11-17(34-35-21)6-1-2-10-24-36-37-25(41-24)33-23(39)15-18-7-4-9-20(30)31-18;20-19(21,22)30-14-6-3-4-12(10-14)11-16(29)24-15-9-8-13(25-26-15)5-1-2-7-17-27-28-18(23)31-17/h6-8,10-12,14-16H,4-5,9,13,17-18H2,1-3H3,(H,35,37,45)(H,36,40,43)(H,38,42,44);3-5,7-9,11-13H,1-2,6,10,14-15H2,(H2,30,31)(H,32,35,38)(H,33,37,39);3-4,6,8-10H,1-2,5,7,11H2,(H2,23,28)(H,24,26,29). The summed E-state index contributed by atoms with van der Waals surface area (Å²) < 4.78 is 128. The Balaban J connectivity index is 0.000000209. The number of aromatic nitrogens is 14. The van der Waals surface area contributed by atoms with E-state index >= 15 is 0 Å². The number of benzene rings is 3. The van der Waals surface area contributed by atoms with Crippen molar-refractivity contribution in [3.05, 3.63) is 206 Å². The molecule has 32 nitrogen and oxygen atoms in total. The molecule has 120 heavy (non-hydrogen) atoms. The molecule has 0 spiro atoms. The molecule has 6 amide bonds. The summed E-state index contributed by atoms with van der Waals surface area (Å²) in [6, 6.07) is 35.8. The first-order valence-corrected chi connectivity index (χ1v) is 38.9. The molecule has 11 aromatic rings. The molecule has 10 N–H and O–H groups in total. The SMILES string of the molecule is CC(C)(C)OC(=O)Nc1cccc(CC(=O)Nc2nnc(CCCCc3ccc(NC(=O)Cc4cccc(OC(F)(F)F)c4)nn3)s2)n1.Nc1cccc(CC(=O)Nc2nnc(CCCCc3ccc(NC(=O)Cc4cccc(OC(F)(F)F)c4)nn3)s2)n1.Nc1nnc(CCCCc2ccc(NC(=O)Cc3cccc(OC(F)(F)F)c3)nn2)s1. The van der Waals surface area contributed by atoms with Crippen molar-refractivity contribution in [3.8, 4) is 17.2 Å². The number of alkyl halides is 9. The van der Waals surface area contributed by atoms with Crippen LogP contribution in [0.15, 0.2) is 146 Å². The van der Waals surface area contributed by atoms with Crippen LogP contribution in [-0.2, 0) is 99.3 Å². The Morgan fingerprint density at radius 2 is 0.692 bits per heavy atom. The van der Waals surface area contributed by atoms with Crippen molar-refractivity contribution < 1.29 is 87.2 Å². The zero-order valence-corrected chi connectivity index (χ0v) is 66.5. The molecule has 0 aliphatic heterocycles. The molecule has 3 aromatic carbocycles. The van der Waals surface area contributed by atoms with Crippen LogP contribution in [0.3, 0.4) is 0 Å². The van der Waals surface area contributed by atoms with Crippen molar-refractivity contribution in [2.45, 2.75) is 155 Å². The third-order valence-electron chi connectivity index (χ3n) is 15.5. The lowest BCUT2D eigenvalue weighted by Gasteiger charge is -2.19. The fourth-order valence-corrected chi connectivity index (χ4v) is 12.8. The Labute approximate surface area is 690 Å². The maximum atomic E-state index is 12.5. The minimum absolute atomic E-state index is 0.0308. The fourth-order valence-electron chi connectivity index (χ4n) is 10.6. The zero-order valence-electron chi connectivity index (χ0n) is 64.0. The van der Waals surface area contributed by atoms with Crippen molar-refractivity contribution >= 4 is 114 Å². The minimum Gasteiger partial charge on any atom is -0.444 e. The van der Waals surface area contributed by atoms with E-state index in [9.17, 15) is 68.3 Å². The zero-order chi connectivity index (χ0) is 86.2. The van der Waals surface area contributed by atoms with Crippen LogP contribution in [0.1, 0.15) is 119 Å². The fraction of sp³-hybridized carbons (Fsp3) is 0.316. The van der Waals surface area contributed by atoms with Crippen LogP contribution < -0.4 is 57.6 Å². The lowest BCUT2D eigenvalue weighted by molar-refractivity contribution is -0.275. The van der Waals surface area contributed by atoms with Crippen LogP contribution in [0.5, 0.6) is 17.2 Å². The molecule has 44 heteroatoms. The highest BCUT2D eigenvalue weighted by Gasteiger charge is 2.33. The highest BCUT2D eigenvalue weighted by Crippen LogP contribution is 2.29. The Hall–Kier alpha value is -13.1. The number of amides is 6. The van der Waals surface area contributed by atoms with Crippen molar-refractivity contribution in [1.29, 1.82) is 0 Å². The van der Waals surface area contributed by atoms with Gasteiger partial charge in [-0.3, -0.25) is 29.3 Å². The average Bonchev–Trinajstić information content (AvgIpc) is 1.28. The van der Waals surface area contributed by atoms with Gasteiger partial charge in [0.25, 0.3) is 0 Å². The topological polar surface area (TPSA) is 444 Å². The number of unbranched alkanes of at least 4 members (excludes halogenated alkanes) is 3. The third kappa shape index (κ3) is 35.4.